The minimum Gasteiger partial charge on any atom is -0.480 e. The number of carboxylic acids is 1. The van der Waals surface area contributed by atoms with Gasteiger partial charge in [0, 0.05) is 19.0 Å². The van der Waals surface area contributed by atoms with Crippen molar-refractivity contribution in [3.63, 3.8) is 0 Å². The summed E-state index contributed by atoms with van der Waals surface area (Å²) in [5, 5.41) is 15.9. The second kappa shape index (κ2) is 12.3. The average Bonchev–Trinajstić information content (AvgIpc) is 2.67. The molecular formula is C21H36N4O7. The zero-order valence-corrected chi connectivity index (χ0v) is 19.5. The molecule has 0 aliphatic carbocycles. The van der Waals surface area contributed by atoms with Crippen molar-refractivity contribution < 1.29 is 33.8 Å². The van der Waals surface area contributed by atoms with Crippen LogP contribution in [0.5, 0.6) is 0 Å². The molecule has 0 radical (unpaired) electrons. The summed E-state index contributed by atoms with van der Waals surface area (Å²) in [5.41, 5.74) is -0.675. The Kier molecular flexibility index (Phi) is 10.4. The first kappa shape index (κ1) is 27.2. The Bertz CT molecular complexity index is 695. The lowest BCUT2D eigenvalue weighted by Gasteiger charge is -2.34. The van der Waals surface area contributed by atoms with E-state index in [1.807, 2.05) is 13.8 Å². The van der Waals surface area contributed by atoms with Crippen molar-refractivity contribution in [1.29, 1.82) is 0 Å². The summed E-state index contributed by atoms with van der Waals surface area (Å²) >= 11 is 0. The number of alkyl carbamates (subject to hydrolysis) is 1. The molecule has 1 heterocycles. The number of piperidine rings is 1. The van der Waals surface area contributed by atoms with Crippen LogP contribution in [0.25, 0.3) is 0 Å². The molecule has 1 rings (SSSR count). The summed E-state index contributed by atoms with van der Waals surface area (Å²) in [5.74, 6) is -2.45. The van der Waals surface area contributed by atoms with Gasteiger partial charge in [-0.15, -0.1) is 0 Å². The number of nitrogens with one attached hydrogen (secondary N) is 3. The van der Waals surface area contributed by atoms with E-state index in [0.29, 0.717) is 32.4 Å². The van der Waals surface area contributed by atoms with Gasteiger partial charge in [0.2, 0.25) is 17.7 Å². The number of carboxylic acid groups (broad SMARTS) is 1. The van der Waals surface area contributed by atoms with Crippen LogP contribution in [0.15, 0.2) is 0 Å². The smallest absolute Gasteiger partial charge is 0.408 e. The average molecular weight is 457 g/mol. The summed E-state index contributed by atoms with van der Waals surface area (Å²) in [6.07, 6.45) is 0.667. The number of hydrogen-bond acceptors (Lipinski definition) is 6. The van der Waals surface area contributed by atoms with Gasteiger partial charge in [-0.25, -0.2) is 4.79 Å². The number of nitrogens with zero attached hydrogens (tertiary/aromatic N) is 1. The number of rotatable bonds is 9. The highest BCUT2D eigenvalue weighted by Gasteiger charge is 2.32. The van der Waals surface area contributed by atoms with Crippen molar-refractivity contribution in [3.8, 4) is 0 Å². The highest BCUT2D eigenvalue weighted by Crippen LogP contribution is 2.19. The molecule has 0 aromatic rings. The van der Waals surface area contributed by atoms with Crippen LogP contribution in [0, 0.1) is 11.8 Å². The molecule has 4 amide bonds. The SMILES string of the molecule is CC(C)C[C@H](NC(=O)OC(C)(C)C)C(=O)N1CCC(C(=O)NCC(=O)NCC(=O)O)CC1. The standard InChI is InChI=1S/C21H36N4O7/c1-13(2)10-15(24-20(31)32-21(3,4)5)19(30)25-8-6-14(7-9-25)18(29)23-11-16(26)22-12-17(27)28/h13-15H,6-12H2,1-5H3,(H,22,26)(H,23,29)(H,24,31)(H,27,28)/t15-/m0/s1. The third-order valence-corrected chi connectivity index (χ3v) is 4.73. The molecule has 0 aromatic heterocycles. The maximum Gasteiger partial charge on any atom is 0.408 e. The normalized spacial score (nSPS) is 15.6. The van der Waals surface area contributed by atoms with Gasteiger partial charge in [-0.2, -0.15) is 0 Å². The molecular weight excluding hydrogens is 420 g/mol. The van der Waals surface area contributed by atoms with Gasteiger partial charge in [0.05, 0.1) is 6.54 Å². The number of amides is 4. The van der Waals surface area contributed by atoms with E-state index in [2.05, 4.69) is 16.0 Å². The van der Waals surface area contributed by atoms with E-state index in [4.69, 9.17) is 9.84 Å². The molecule has 1 fully saturated rings. The Hall–Kier alpha value is -2.85. The zero-order chi connectivity index (χ0) is 24.5. The summed E-state index contributed by atoms with van der Waals surface area (Å²) in [6.45, 7) is 9.05. The molecule has 0 unspecified atom stereocenters. The molecule has 1 aliphatic rings. The molecule has 0 bridgehead atoms. The fourth-order valence-electron chi connectivity index (χ4n) is 3.27. The summed E-state index contributed by atoms with van der Waals surface area (Å²) in [7, 11) is 0. The molecule has 0 spiro atoms. The number of carbonyl (C=O) groups is 5. The Morgan fingerprint density at radius 3 is 2.12 bits per heavy atom. The number of ether oxygens (including phenoxy) is 1. The summed E-state index contributed by atoms with van der Waals surface area (Å²) < 4.78 is 5.27. The molecule has 182 valence electrons. The Labute approximate surface area is 188 Å². The van der Waals surface area contributed by atoms with Crippen molar-refractivity contribution in [2.24, 2.45) is 11.8 Å². The third-order valence-electron chi connectivity index (χ3n) is 4.73. The van der Waals surface area contributed by atoms with Crippen molar-refractivity contribution >= 4 is 29.8 Å². The first-order valence-corrected chi connectivity index (χ1v) is 10.8. The Balaban J connectivity index is 2.56. The minimum atomic E-state index is -1.17. The number of likely N-dealkylation sites (tertiary alicyclic amines) is 1. The maximum atomic E-state index is 13.0. The Morgan fingerprint density at radius 1 is 1.03 bits per heavy atom. The van der Waals surface area contributed by atoms with Gasteiger partial charge in [-0.1, -0.05) is 13.8 Å². The van der Waals surface area contributed by atoms with Gasteiger partial charge < -0.3 is 30.7 Å². The number of aliphatic carboxylic acids is 1. The first-order chi connectivity index (χ1) is 14.8. The van der Waals surface area contributed by atoms with Gasteiger partial charge in [0.15, 0.2) is 0 Å². The monoisotopic (exact) mass is 456 g/mol. The lowest BCUT2D eigenvalue weighted by Crippen LogP contribution is -2.53. The van der Waals surface area contributed by atoms with Crippen molar-refractivity contribution in [1.82, 2.24) is 20.9 Å². The highest BCUT2D eigenvalue weighted by atomic mass is 16.6. The zero-order valence-electron chi connectivity index (χ0n) is 19.5. The van der Waals surface area contributed by atoms with Gasteiger partial charge in [-0.05, 0) is 46.0 Å². The molecule has 11 heteroatoms. The summed E-state index contributed by atoms with van der Waals surface area (Å²) in [4.78, 5) is 61.1. The predicted octanol–water partition coefficient (Wildman–Crippen LogP) is 0.481. The molecule has 1 atom stereocenters. The molecule has 1 saturated heterocycles. The Morgan fingerprint density at radius 2 is 1.62 bits per heavy atom. The largest absolute Gasteiger partial charge is 0.480 e. The second-order valence-electron chi connectivity index (χ2n) is 9.32. The molecule has 0 saturated carbocycles. The predicted molar refractivity (Wildman–Crippen MR) is 116 cm³/mol. The fourth-order valence-corrected chi connectivity index (χ4v) is 3.27. The lowest BCUT2D eigenvalue weighted by atomic mass is 9.94. The fraction of sp³-hybridized carbons (Fsp3) is 0.762. The van der Waals surface area contributed by atoms with Crippen LogP contribution in [0.4, 0.5) is 4.79 Å². The van der Waals surface area contributed by atoms with Gasteiger partial charge >= 0.3 is 12.1 Å². The van der Waals surface area contributed by atoms with E-state index in [-0.39, 0.29) is 30.2 Å². The van der Waals surface area contributed by atoms with Crippen molar-refractivity contribution in [3.05, 3.63) is 0 Å². The van der Waals surface area contributed by atoms with Crippen LogP contribution >= 0.6 is 0 Å². The van der Waals surface area contributed by atoms with E-state index in [1.165, 1.54) is 0 Å². The second-order valence-corrected chi connectivity index (χ2v) is 9.32. The van der Waals surface area contributed by atoms with Crippen molar-refractivity contribution in [2.75, 3.05) is 26.2 Å². The first-order valence-electron chi connectivity index (χ1n) is 10.8. The molecule has 1 aliphatic heterocycles. The number of carbonyl (C=O) groups excluding carboxylic acids is 4. The van der Waals surface area contributed by atoms with E-state index in [0.717, 1.165) is 0 Å². The van der Waals surface area contributed by atoms with E-state index >= 15 is 0 Å². The quantitative estimate of drug-likeness (QED) is 0.393. The van der Waals surface area contributed by atoms with Gasteiger partial charge in [0.1, 0.15) is 18.2 Å². The topological polar surface area (TPSA) is 154 Å². The van der Waals surface area contributed by atoms with Crippen LogP contribution in [0.1, 0.15) is 53.9 Å². The van der Waals surface area contributed by atoms with Crippen LogP contribution in [0.3, 0.4) is 0 Å². The van der Waals surface area contributed by atoms with E-state index in [9.17, 15) is 24.0 Å². The van der Waals surface area contributed by atoms with Gasteiger partial charge in [-0.3, -0.25) is 19.2 Å². The molecule has 0 aromatic carbocycles. The molecule has 11 nitrogen and oxygen atoms in total. The lowest BCUT2D eigenvalue weighted by molar-refractivity contribution is -0.138. The highest BCUT2D eigenvalue weighted by molar-refractivity contribution is 5.88. The van der Waals surface area contributed by atoms with Crippen LogP contribution in [0.2, 0.25) is 0 Å². The third kappa shape index (κ3) is 10.5. The van der Waals surface area contributed by atoms with Crippen LogP contribution in [-0.4, -0.2) is 77.6 Å². The van der Waals surface area contributed by atoms with Crippen LogP contribution < -0.4 is 16.0 Å². The molecule has 32 heavy (non-hydrogen) atoms. The molecule has 4 N–H and O–H groups in total. The number of hydrogen-bond donors (Lipinski definition) is 4. The van der Waals surface area contributed by atoms with Crippen LogP contribution in [-0.2, 0) is 23.9 Å². The van der Waals surface area contributed by atoms with Gasteiger partial charge in [0.25, 0.3) is 0 Å². The minimum absolute atomic E-state index is 0.175. The maximum absolute atomic E-state index is 13.0. The summed E-state index contributed by atoms with van der Waals surface area (Å²) in [6, 6.07) is -0.715. The van der Waals surface area contributed by atoms with E-state index < -0.39 is 36.2 Å². The van der Waals surface area contributed by atoms with Crippen molar-refractivity contribution in [2.45, 2.75) is 65.5 Å². The van der Waals surface area contributed by atoms with E-state index in [1.54, 1.807) is 25.7 Å².